The average molecular weight is 727 g/mol. The summed E-state index contributed by atoms with van der Waals surface area (Å²) in [6, 6.07) is 6.83. The van der Waals surface area contributed by atoms with Gasteiger partial charge in [0.25, 0.3) is 0 Å². The summed E-state index contributed by atoms with van der Waals surface area (Å²) in [4.78, 5) is 109. The van der Waals surface area contributed by atoms with E-state index in [1.54, 1.807) is 41.5 Å². The quantitative estimate of drug-likeness (QED) is 0.0414. The van der Waals surface area contributed by atoms with Crippen LogP contribution in [0.2, 0.25) is 0 Å². The maximum absolute atomic E-state index is 13.8. The fourth-order valence-electron chi connectivity index (χ4n) is 3.59. The Labute approximate surface area is 300 Å². The van der Waals surface area contributed by atoms with Crippen molar-refractivity contribution in [3.63, 3.8) is 0 Å². The molecule has 0 aliphatic carbocycles. The van der Waals surface area contributed by atoms with Gasteiger partial charge in [-0.2, -0.15) is 9.78 Å². The first kappa shape index (κ1) is 42.5. The highest BCUT2D eigenvalue weighted by molar-refractivity contribution is 6.13. The first-order valence-corrected chi connectivity index (χ1v) is 15.7. The minimum Gasteiger partial charge on any atom is -0.459 e. The number of ketones is 1. The third-order valence-electron chi connectivity index (χ3n) is 5.97. The number of esters is 4. The highest BCUT2D eigenvalue weighted by Crippen LogP contribution is 2.23. The number of ether oxygens (including phenoxy) is 4. The van der Waals surface area contributed by atoms with E-state index in [2.05, 4.69) is 13.2 Å². The molecule has 0 saturated carbocycles. The minimum absolute atomic E-state index is 0.130. The Bertz CT molecular complexity index is 1610. The van der Waals surface area contributed by atoms with Crippen LogP contribution in [0.3, 0.4) is 0 Å². The van der Waals surface area contributed by atoms with Crippen LogP contribution < -0.4 is 0 Å². The molecule has 15 nitrogen and oxygen atoms in total. The Kier molecular flexibility index (Phi) is 15.1. The molecular formula is C37H42O15. The van der Waals surface area contributed by atoms with E-state index in [9.17, 15) is 33.6 Å². The predicted molar refractivity (Wildman–Crippen MR) is 181 cm³/mol. The van der Waals surface area contributed by atoms with E-state index in [0.29, 0.717) is 0 Å². The van der Waals surface area contributed by atoms with Crippen molar-refractivity contribution in [3.8, 4) is 0 Å². The maximum atomic E-state index is 13.8. The van der Waals surface area contributed by atoms with Crippen molar-refractivity contribution in [2.24, 2.45) is 0 Å². The number of hydrogen-bond acceptors (Lipinski definition) is 15. The molecule has 0 N–H and O–H groups in total. The first-order chi connectivity index (χ1) is 24.1. The number of carbonyl (C=O) groups excluding carboxylic acids is 7. The highest BCUT2D eigenvalue weighted by Gasteiger charge is 2.28. The summed E-state index contributed by atoms with van der Waals surface area (Å²) in [7, 11) is 0. The van der Waals surface area contributed by atoms with Crippen LogP contribution in [-0.4, -0.2) is 79.2 Å². The lowest BCUT2D eigenvalue weighted by atomic mass is 9.95. The molecule has 0 amide bonds. The molecule has 2 aromatic carbocycles. The molecule has 0 aliphatic heterocycles. The highest BCUT2D eigenvalue weighted by atomic mass is 17.2. The summed E-state index contributed by atoms with van der Waals surface area (Å²) in [6.45, 7) is 18.0. The number of hydrogen-bond donors (Lipinski definition) is 0. The van der Waals surface area contributed by atoms with Gasteiger partial charge < -0.3 is 18.9 Å². The average Bonchev–Trinajstić information content (AvgIpc) is 3.07. The van der Waals surface area contributed by atoms with Gasteiger partial charge in [-0.15, -0.1) is 0 Å². The predicted octanol–water partition coefficient (Wildman–Crippen LogP) is 5.24. The van der Waals surface area contributed by atoms with Gasteiger partial charge in [0, 0.05) is 22.3 Å². The molecule has 0 spiro atoms. The van der Waals surface area contributed by atoms with Crippen molar-refractivity contribution in [2.45, 2.75) is 66.6 Å². The second-order valence-corrected chi connectivity index (χ2v) is 13.1. The largest absolute Gasteiger partial charge is 0.459 e. The van der Waals surface area contributed by atoms with E-state index in [1.807, 2.05) is 0 Å². The summed E-state index contributed by atoms with van der Waals surface area (Å²) in [6.07, 6.45) is 0. The van der Waals surface area contributed by atoms with Crippen LogP contribution in [-0.2, 0) is 48.1 Å². The first-order valence-electron chi connectivity index (χ1n) is 15.7. The van der Waals surface area contributed by atoms with Crippen molar-refractivity contribution in [1.29, 1.82) is 0 Å². The van der Waals surface area contributed by atoms with Gasteiger partial charge in [0.1, 0.15) is 37.6 Å². The Morgan fingerprint density at radius 2 is 0.827 bits per heavy atom. The molecule has 280 valence electrons. The molecule has 15 heteroatoms. The van der Waals surface area contributed by atoms with E-state index in [-0.39, 0.29) is 46.6 Å². The summed E-state index contributed by atoms with van der Waals surface area (Å²) in [5.41, 5.74) is -3.27. The fraction of sp³-hybridized carbons (Fsp3) is 0.378. The molecule has 52 heavy (non-hydrogen) atoms. The Hall–Kier alpha value is -5.67. The third-order valence-corrected chi connectivity index (χ3v) is 5.97. The monoisotopic (exact) mass is 726 g/mol. The molecule has 0 bridgehead atoms. The van der Waals surface area contributed by atoms with Crippen molar-refractivity contribution >= 4 is 41.6 Å². The van der Waals surface area contributed by atoms with Crippen LogP contribution in [0, 0.1) is 0 Å². The van der Waals surface area contributed by atoms with Crippen molar-refractivity contribution in [3.05, 3.63) is 94.1 Å². The molecule has 0 aliphatic rings. The fourth-order valence-corrected chi connectivity index (χ4v) is 3.59. The standard InChI is InChI=1S/C37H42O15/c1-21(2)30(39)45-15-17-47-32(41)27-19-23(11-13-25(27)34(43)49-51-36(5,6)7)29(38)24-12-14-26(35(44)50-52-37(8,9)10)28(20-24)33(42)48-18-16-46-31(40)22(3)4/h11-14,19-20H,1,3,15-18H2,2,4-10H3. The molecule has 0 atom stereocenters. The van der Waals surface area contributed by atoms with Crippen LogP contribution in [0.25, 0.3) is 0 Å². The Morgan fingerprint density at radius 3 is 1.13 bits per heavy atom. The zero-order valence-electron chi connectivity index (χ0n) is 30.3. The van der Waals surface area contributed by atoms with Crippen LogP contribution in [0.15, 0.2) is 60.7 Å². The number of rotatable bonds is 16. The Morgan fingerprint density at radius 1 is 0.500 bits per heavy atom. The summed E-state index contributed by atoms with van der Waals surface area (Å²) >= 11 is 0. The SMILES string of the molecule is C=C(C)C(=O)OCCOC(=O)c1cc(C(=O)c2ccc(C(=O)OOC(C)(C)C)c(C(=O)OCCOC(=O)C(=C)C)c2)ccc1C(=O)OOC(C)(C)C. The lowest BCUT2D eigenvalue weighted by Crippen LogP contribution is -2.24. The van der Waals surface area contributed by atoms with Gasteiger partial charge in [0.05, 0.1) is 22.3 Å². The third kappa shape index (κ3) is 13.6. The van der Waals surface area contributed by atoms with Crippen molar-refractivity contribution < 1.29 is 72.1 Å². The van der Waals surface area contributed by atoms with Gasteiger partial charge in [-0.1, -0.05) is 25.3 Å². The van der Waals surface area contributed by atoms with Gasteiger partial charge in [0.2, 0.25) is 0 Å². The van der Waals surface area contributed by atoms with Crippen molar-refractivity contribution in [1.82, 2.24) is 0 Å². The van der Waals surface area contributed by atoms with E-state index in [1.165, 1.54) is 26.0 Å². The zero-order valence-corrected chi connectivity index (χ0v) is 30.3. The molecule has 0 fully saturated rings. The van der Waals surface area contributed by atoms with E-state index in [0.717, 1.165) is 24.3 Å². The number of carbonyl (C=O) groups is 7. The number of benzene rings is 2. The lowest BCUT2D eigenvalue weighted by molar-refractivity contribution is -0.301. The van der Waals surface area contributed by atoms with E-state index < -0.39 is 77.1 Å². The minimum atomic E-state index is -1.08. The molecule has 2 aromatic rings. The van der Waals surface area contributed by atoms with Gasteiger partial charge in [-0.05, 0) is 79.7 Å². The van der Waals surface area contributed by atoms with E-state index in [4.69, 9.17) is 38.5 Å². The summed E-state index contributed by atoms with van der Waals surface area (Å²) in [5.74, 6) is -6.46. The smallest absolute Gasteiger partial charge is 0.373 e. The second kappa shape index (κ2) is 18.5. The van der Waals surface area contributed by atoms with Gasteiger partial charge in [-0.25, -0.2) is 28.8 Å². The van der Waals surface area contributed by atoms with Crippen LogP contribution in [0.5, 0.6) is 0 Å². The summed E-state index contributed by atoms with van der Waals surface area (Å²) < 4.78 is 20.2. The van der Waals surface area contributed by atoms with Crippen LogP contribution in [0.4, 0.5) is 0 Å². The van der Waals surface area contributed by atoms with Crippen LogP contribution >= 0.6 is 0 Å². The molecule has 0 heterocycles. The molecule has 0 radical (unpaired) electrons. The zero-order chi connectivity index (χ0) is 39.4. The normalized spacial score (nSPS) is 11.1. The summed E-state index contributed by atoms with van der Waals surface area (Å²) in [5, 5.41) is 0. The molecule has 0 unspecified atom stereocenters. The topological polar surface area (TPSA) is 193 Å². The van der Waals surface area contributed by atoms with Crippen molar-refractivity contribution in [2.75, 3.05) is 26.4 Å². The molecule has 0 aromatic heterocycles. The van der Waals surface area contributed by atoms with Gasteiger partial charge in [0.15, 0.2) is 5.78 Å². The van der Waals surface area contributed by atoms with Gasteiger partial charge >= 0.3 is 35.8 Å². The van der Waals surface area contributed by atoms with E-state index >= 15 is 0 Å². The van der Waals surface area contributed by atoms with Crippen LogP contribution in [0.1, 0.15) is 113 Å². The maximum Gasteiger partial charge on any atom is 0.373 e. The molecule has 2 rings (SSSR count). The Balaban J connectivity index is 2.49. The second-order valence-electron chi connectivity index (χ2n) is 13.1. The molecule has 0 saturated heterocycles. The molecular weight excluding hydrogens is 684 g/mol. The van der Waals surface area contributed by atoms with Gasteiger partial charge in [-0.3, -0.25) is 14.6 Å². The lowest BCUT2D eigenvalue weighted by Gasteiger charge is -2.18.